The molecule has 0 saturated carbocycles. The number of nitrogens with two attached hydrogens (primary N) is 1. The van der Waals surface area contributed by atoms with Gasteiger partial charge in [0, 0.05) is 37.5 Å². The SMILES string of the molecule is Cc1nccn1C1CN(c2cnc3ccc(-c4ccc5c(c4)N=C(N)C5)nc3n2)C1. The molecule has 148 valence electrons. The number of amidine groups is 1. The smallest absolute Gasteiger partial charge is 0.180 e. The third kappa shape index (κ3) is 2.72. The number of aromatic nitrogens is 5. The number of hydrogen-bond donors (Lipinski definition) is 1. The molecule has 0 aliphatic carbocycles. The molecule has 0 bridgehead atoms. The van der Waals surface area contributed by atoms with Crippen molar-refractivity contribution in [3.05, 3.63) is 60.3 Å². The molecule has 0 atom stereocenters. The maximum absolute atomic E-state index is 5.87. The average molecular weight is 396 g/mol. The molecule has 0 unspecified atom stereocenters. The van der Waals surface area contributed by atoms with Crippen LogP contribution in [-0.2, 0) is 6.42 Å². The monoisotopic (exact) mass is 396 g/mol. The lowest BCUT2D eigenvalue weighted by molar-refractivity contribution is 0.390. The van der Waals surface area contributed by atoms with Gasteiger partial charge in [-0.15, -0.1) is 0 Å². The van der Waals surface area contributed by atoms with Gasteiger partial charge in [0.1, 0.15) is 23.0 Å². The van der Waals surface area contributed by atoms with Crippen molar-refractivity contribution in [2.24, 2.45) is 10.7 Å². The summed E-state index contributed by atoms with van der Waals surface area (Å²) in [4.78, 5) is 25.1. The van der Waals surface area contributed by atoms with Crippen LogP contribution in [0.4, 0.5) is 11.5 Å². The van der Waals surface area contributed by atoms with E-state index < -0.39 is 0 Å². The molecule has 2 N–H and O–H groups in total. The summed E-state index contributed by atoms with van der Waals surface area (Å²) >= 11 is 0. The second-order valence-corrected chi connectivity index (χ2v) is 7.83. The molecule has 6 rings (SSSR count). The summed E-state index contributed by atoms with van der Waals surface area (Å²) in [7, 11) is 0. The molecule has 5 heterocycles. The van der Waals surface area contributed by atoms with Crippen molar-refractivity contribution in [3.63, 3.8) is 0 Å². The number of rotatable bonds is 3. The minimum atomic E-state index is 0.420. The molecule has 8 heteroatoms. The summed E-state index contributed by atoms with van der Waals surface area (Å²) in [5.74, 6) is 2.55. The van der Waals surface area contributed by atoms with Gasteiger partial charge in [0.25, 0.3) is 0 Å². The number of hydrogen-bond acceptors (Lipinski definition) is 7. The fraction of sp³-hybridized carbons (Fsp3) is 0.227. The van der Waals surface area contributed by atoms with Crippen molar-refractivity contribution in [3.8, 4) is 11.3 Å². The Morgan fingerprint density at radius 1 is 1.07 bits per heavy atom. The quantitative estimate of drug-likeness (QED) is 0.572. The Balaban J connectivity index is 1.29. The molecule has 0 amide bonds. The molecule has 1 aromatic carbocycles. The highest BCUT2D eigenvalue weighted by molar-refractivity contribution is 5.91. The molecule has 2 aliphatic heterocycles. The number of aryl methyl sites for hydroxylation is 1. The van der Waals surface area contributed by atoms with Crippen LogP contribution in [0.2, 0.25) is 0 Å². The number of benzene rings is 1. The average Bonchev–Trinajstić information content (AvgIpc) is 3.30. The molecule has 2 aliphatic rings. The molecular formula is C22H20N8. The first kappa shape index (κ1) is 17.1. The Kier molecular flexibility index (Phi) is 3.61. The summed E-state index contributed by atoms with van der Waals surface area (Å²) in [6, 6.07) is 10.5. The van der Waals surface area contributed by atoms with Gasteiger partial charge in [-0.3, -0.25) is 0 Å². The minimum absolute atomic E-state index is 0.420. The molecule has 1 saturated heterocycles. The van der Waals surface area contributed by atoms with Gasteiger partial charge in [-0.1, -0.05) is 12.1 Å². The Hall–Kier alpha value is -3.81. The van der Waals surface area contributed by atoms with Gasteiger partial charge in [0.2, 0.25) is 0 Å². The van der Waals surface area contributed by atoms with E-state index >= 15 is 0 Å². The summed E-state index contributed by atoms with van der Waals surface area (Å²) in [6.07, 6.45) is 6.42. The lowest BCUT2D eigenvalue weighted by atomic mass is 10.1. The number of pyridine rings is 1. The van der Waals surface area contributed by atoms with Gasteiger partial charge in [0.15, 0.2) is 5.65 Å². The summed E-state index contributed by atoms with van der Waals surface area (Å²) in [5, 5.41) is 0. The van der Waals surface area contributed by atoms with E-state index in [-0.39, 0.29) is 0 Å². The molecule has 1 fully saturated rings. The van der Waals surface area contributed by atoms with Gasteiger partial charge >= 0.3 is 0 Å². The third-order valence-corrected chi connectivity index (χ3v) is 5.85. The van der Waals surface area contributed by atoms with Crippen LogP contribution in [0.15, 0.2) is 53.9 Å². The number of imidazole rings is 1. The summed E-state index contributed by atoms with van der Waals surface area (Å²) < 4.78 is 2.21. The first-order valence-electron chi connectivity index (χ1n) is 9.98. The van der Waals surface area contributed by atoms with E-state index in [1.165, 1.54) is 0 Å². The Labute approximate surface area is 173 Å². The maximum Gasteiger partial charge on any atom is 0.180 e. The van der Waals surface area contributed by atoms with Crippen LogP contribution in [0.3, 0.4) is 0 Å². The van der Waals surface area contributed by atoms with E-state index in [1.54, 1.807) is 0 Å². The molecule has 0 spiro atoms. The normalized spacial score (nSPS) is 15.9. The lowest BCUT2D eigenvalue weighted by Gasteiger charge is -2.40. The number of anilines is 1. The lowest BCUT2D eigenvalue weighted by Crippen LogP contribution is -2.48. The predicted molar refractivity (Wildman–Crippen MR) is 116 cm³/mol. The minimum Gasteiger partial charge on any atom is -0.387 e. The zero-order valence-corrected chi connectivity index (χ0v) is 16.5. The van der Waals surface area contributed by atoms with Crippen molar-refractivity contribution < 1.29 is 0 Å². The largest absolute Gasteiger partial charge is 0.387 e. The van der Waals surface area contributed by atoms with E-state index in [9.17, 15) is 0 Å². The Bertz CT molecular complexity index is 1320. The van der Waals surface area contributed by atoms with Crippen molar-refractivity contribution in [2.45, 2.75) is 19.4 Å². The van der Waals surface area contributed by atoms with Gasteiger partial charge in [-0.05, 0) is 30.7 Å². The molecule has 8 nitrogen and oxygen atoms in total. The van der Waals surface area contributed by atoms with Crippen molar-refractivity contribution in [1.82, 2.24) is 24.5 Å². The second kappa shape index (κ2) is 6.35. The summed E-state index contributed by atoms with van der Waals surface area (Å²) in [6.45, 7) is 3.81. The van der Waals surface area contributed by atoms with Crippen molar-refractivity contribution >= 4 is 28.5 Å². The number of nitrogens with zero attached hydrogens (tertiary/aromatic N) is 7. The van der Waals surface area contributed by atoms with Gasteiger partial charge in [-0.2, -0.15) is 0 Å². The van der Waals surface area contributed by atoms with Crippen molar-refractivity contribution in [1.29, 1.82) is 0 Å². The molecular weight excluding hydrogens is 376 g/mol. The van der Waals surface area contributed by atoms with Crippen LogP contribution in [-0.4, -0.2) is 43.4 Å². The van der Waals surface area contributed by atoms with Crippen molar-refractivity contribution in [2.75, 3.05) is 18.0 Å². The van der Waals surface area contributed by atoms with Crippen LogP contribution in [0.1, 0.15) is 17.4 Å². The van der Waals surface area contributed by atoms with Crippen LogP contribution in [0.5, 0.6) is 0 Å². The van der Waals surface area contributed by atoms with E-state index in [4.69, 9.17) is 15.7 Å². The van der Waals surface area contributed by atoms with Gasteiger partial charge in [-0.25, -0.2) is 24.9 Å². The van der Waals surface area contributed by atoms with E-state index in [1.807, 2.05) is 43.7 Å². The first-order valence-corrected chi connectivity index (χ1v) is 9.98. The van der Waals surface area contributed by atoms with E-state index in [0.29, 0.717) is 23.9 Å². The fourth-order valence-corrected chi connectivity index (χ4v) is 4.16. The highest BCUT2D eigenvalue weighted by atomic mass is 15.3. The Morgan fingerprint density at radius 2 is 1.97 bits per heavy atom. The molecule has 4 aromatic rings. The zero-order chi connectivity index (χ0) is 20.2. The first-order chi connectivity index (χ1) is 14.6. The topological polar surface area (TPSA) is 98.1 Å². The predicted octanol–water partition coefficient (Wildman–Crippen LogP) is 2.80. The standard InChI is InChI=1S/C22H20N8/c1-13-24-6-7-30(13)16-11-29(12-16)21-10-25-18-5-4-17(27-22(18)28-21)14-2-3-15-9-20(23)26-19(15)8-14/h2-8,10,16H,9,11-12H2,1H3,(H2,23,26). The highest BCUT2D eigenvalue weighted by Crippen LogP contribution is 2.32. The van der Waals surface area contributed by atoms with Crippen LogP contribution >= 0.6 is 0 Å². The van der Waals surface area contributed by atoms with E-state index in [2.05, 4.69) is 36.6 Å². The third-order valence-electron chi connectivity index (χ3n) is 5.85. The Morgan fingerprint density at radius 3 is 2.80 bits per heavy atom. The number of aliphatic imine (C=N–C) groups is 1. The second-order valence-electron chi connectivity index (χ2n) is 7.83. The van der Waals surface area contributed by atoms with Crippen LogP contribution < -0.4 is 10.6 Å². The summed E-state index contributed by atoms with van der Waals surface area (Å²) in [5.41, 5.74) is 11.2. The highest BCUT2D eigenvalue weighted by Gasteiger charge is 2.30. The molecule has 0 radical (unpaired) electrons. The molecule has 30 heavy (non-hydrogen) atoms. The zero-order valence-electron chi connectivity index (χ0n) is 16.5. The van der Waals surface area contributed by atoms with Gasteiger partial charge in [0.05, 0.1) is 23.6 Å². The van der Waals surface area contributed by atoms with Crippen LogP contribution in [0.25, 0.3) is 22.4 Å². The van der Waals surface area contributed by atoms with E-state index in [0.717, 1.165) is 52.8 Å². The van der Waals surface area contributed by atoms with Crippen LogP contribution in [0, 0.1) is 6.92 Å². The molecule has 3 aromatic heterocycles. The maximum atomic E-state index is 5.87. The fourth-order valence-electron chi connectivity index (χ4n) is 4.16. The van der Waals surface area contributed by atoms with Gasteiger partial charge < -0.3 is 15.2 Å². The number of fused-ring (bicyclic) bond motifs is 2.